The van der Waals surface area contributed by atoms with Crippen molar-refractivity contribution in [2.45, 2.75) is 11.8 Å². The van der Waals surface area contributed by atoms with Gasteiger partial charge in [-0.3, -0.25) is 9.71 Å². The maximum atomic E-state index is 12.8. The van der Waals surface area contributed by atoms with Crippen LogP contribution in [-0.4, -0.2) is 20.5 Å². The van der Waals surface area contributed by atoms with Crippen LogP contribution in [0.1, 0.15) is 16.7 Å². The molecule has 6 heteroatoms. The molecule has 0 aliphatic carbocycles. The molecule has 1 aromatic heterocycles. The lowest BCUT2D eigenvalue weighted by Crippen LogP contribution is -2.14. The fourth-order valence-corrected chi connectivity index (χ4v) is 3.74. The van der Waals surface area contributed by atoms with Gasteiger partial charge in [0.2, 0.25) is 0 Å². The molecule has 0 saturated heterocycles. The van der Waals surface area contributed by atoms with E-state index in [9.17, 15) is 8.42 Å². The van der Waals surface area contributed by atoms with E-state index in [-0.39, 0.29) is 4.90 Å². The first kappa shape index (κ1) is 18.7. The summed E-state index contributed by atoms with van der Waals surface area (Å²) in [5.41, 5.74) is 3.15. The first-order valence-electron chi connectivity index (χ1n) is 8.34. The molecule has 0 spiro atoms. The van der Waals surface area contributed by atoms with E-state index in [1.54, 1.807) is 24.5 Å². The Morgan fingerprint density at radius 1 is 0.963 bits per heavy atom. The van der Waals surface area contributed by atoms with Crippen molar-refractivity contribution in [1.29, 1.82) is 0 Å². The van der Waals surface area contributed by atoms with Crippen molar-refractivity contribution in [3.8, 4) is 5.75 Å². The number of rotatable bonds is 6. The van der Waals surface area contributed by atoms with Gasteiger partial charge in [-0.1, -0.05) is 30.4 Å². The third kappa shape index (κ3) is 4.54. The van der Waals surface area contributed by atoms with E-state index in [2.05, 4.69) is 9.71 Å². The van der Waals surface area contributed by atoms with Crippen LogP contribution in [0.15, 0.2) is 71.9 Å². The van der Waals surface area contributed by atoms with Crippen LogP contribution in [0.5, 0.6) is 5.75 Å². The lowest BCUT2D eigenvalue weighted by molar-refractivity contribution is 0.414. The summed E-state index contributed by atoms with van der Waals surface area (Å²) < 4.78 is 33.4. The normalized spacial score (nSPS) is 11.5. The fraction of sp³-hybridized carbons (Fsp3) is 0.0952. The maximum Gasteiger partial charge on any atom is 0.261 e. The first-order valence-corrected chi connectivity index (χ1v) is 9.82. The molecule has 0 amide bonds. The molecule has 3 rings (SSSR count). The standard InChI is InChI=1S/C21H20N2O3S/c1-16-4-3-5-18(7-6-17-12-14-22-15-13-17)21(16)23-27(24,25)20-10-8-19(26-2)9-11-20/h3-15,23H,1-2H3. The van der Waals surface area contributed by atoms with Gasteiger partial charge in [-0.15, -0.1) is 0 Å². The van der Waals surface area contributed by atoms with Gasteiger partial charge in [0.1, 0.15) is 5.75 Å². The van der Waals surface area contributed by atoms with Gasteiger partial charge < -0.3 is 4.74 Å². The summed E-state index contributed by atoms with van der Waals surface area (Å²) in [6, 6.07) is 15.7. The van der Waals surface area contributed by atoms with Gasteiger partial charge >= 0.3 is 0 Å². The quantitative estimate of drug-likeness (QED) is 0.689. The van der Waals surface area contributed by atoms with Crippen LogP contribution < -0.4 is 9.46 Å². The molecule has 138 valence electrons. The van der Waals surface area contributed by atoms with E-state index >= 15 is 0 Å². The van der Waals surface area contributed by atoms with Crippen LogP contribution in [-0.2, 0) is 10.0 Å². The molecule has 3 aromatic rings. The second-order valence-electron chi connectivity index (χ2n) is 5.93. The fourth-order valence-electron chi connectivity index (χ4n) is 2.58. The average Bonchev–Trinajstić information content (AvgIpc) is 2.69. The molecule has 0 aliphatic heterocycles. The minimum atomic E-state index is -3.72. The molecule has 0 aliphatic rings. The Balaban J connectivity index is 1.93. The van der Waals surface area contributed by atoms with E-state index in [0.29, 0.717) is 11.4 Å². The van der Waals surface area contributed by atoms with Gasteiger partial charge in [-0.25, -0.2) is 8.42 Å². The van der Waals surface area contributed by atoms with E-state index in [0.717, 1.165) is 16.7 Å². The van der Waals surface area contributed by atoms with Crippen LogP contribution in [0.4, 0.5) is 5.69 Å². The van der Waals surface area contributed by atoms with Crippen molar-refractivity contribution in [2.75, 3.05) is 11.8 Å². The number of hydrogen-bond acceptors (Lipinski definition) is 4. The second kappa shape index (κ2) is 8.05. The molecular formula is C21H20N2O3S. The largest absolute Gasteiger partial charge is 0.497 e. The van der Waals surface area contributed by atoms with Crippen molar-refractivity contribution >= 4 is 27.9 Å². The third-order valence-electron chi connectivity index (χ3n) is 4.07. The van der Waals surface area contributed by atoms with Gasteiger partial charge in [0.25, 0.3) is 10.0 Å². The third-order valence-corrected chi connectivity index (χ3v) is 5.44. The van der Waals surface area contributed by atoms with Gasteiger partial charge in [-0.05, 0) is 60.0 Å². The summed E-state index contributed by atoms with van der Waals surface area (Å²) in [6.07, 6.45) is 7.22. The van der Waals surface area contributed by atoms with Crippen molar-refractivity contribution < 1.29 is 13.2 Å². The number of nitrogens with one attached hydrogen (secondary N) is 1. The molecule has 0 saturated carbocycles. The monoisotopic (exact) mass is 380 g/mol. The number of nitrogens with zero attached hydrogens (tertiary/aromatic N) is 1. The van der Waals surface area contributed by atoms with Gasteiger partial charge in [0.05, 0.1) is 17.7 Å². The Kier molecular flexibility index (Phi) is 5.57. The minimum absolute atomic E-state index is 0.176. The number of ether oxygens (including phenoxy) is 1. The smallest absolute Gasteiger partial charge is 0.261 e. The first-order chi connectivity index (χ1) is 13.0. The molecule has 1 N–H and O–H groups in total. The van der Waals surface area contributed by atoms with Crippen LogP contribution in [0.3, 0.4) is 0 Å². The topological polar surface area (TPSA) is 68.3 Å². The molecule has 0 unspecified atom stereocenters. The molecular weight excluding hydrogens is 360 g/mol. The Morgan fingerprint density at radius 2 is 1.67 bits per heavy atom. The van der Waals surface area contributed by atoms with E-state index in [1.807, 2.05) is 49.4 Å². The molecule has 5 nitrogen and oxygen atoms in total. The molecule has 0 fully saturated rings. The highest BCUT2D eigenvalue weighted by Crippen LogP contribution is 2.26. The Hall–Kier alpha value is -3.12. The number of methoxy groups -OCH3 is 1. The average molecular weight is 380 g/mol. The zero-order valence-electron chi connectivity index (χ0n) is 15.1. The van der Waals surface area contributed by atoms with Crippen molar-refractivity contribution in [1.82, 2.24) is 4.98 Å². The highest BCUT2D eigenvalue weighted by atomic mass is 32.2. The maximum absolute atomic E-state index is 12.8. The highest BCUT2D eigenvalue weighted by molar-refractivity contribution is 7.92. The molecule has 0 atom stereocenters. The van der Waals surface area contributed by atoms with Gasteiger partial charge in [0, 0.05) is 12.4 Å². The minimum Gasteiger partial charge on any atom is -0.497 e. The van der Waals surface area contributed by atoms with Crippen molar-refractivity contribution in [3.63, 3.8) is 0 Å². The van der Waals surface area contributed by atoms with Crippen molar-refractivity contribution in [2.24, 2.45) is 0 Å². The predicted molar refractivity (Wildman–Crippen MR) is 108 cm³/mol. The summed E-state index contributed by atoms with van der Waals surface area (Å²) in [7, 11) is -2.18. The van der Waals surface area contributed by atoms with Crippen molar-refractivity contribution in [3.05, 3.63) is 83.7 Å². The molecule has 0 radical (unpaired) electrons. The van der Waals surface area contributed by atoms with E-state index in [4.69, 9.17) is 4.74 Å². The van der Waals surface area contributed by atoms with Crippen LogP contribution in [0.2, 0.25) is 0 Å². The number of para-hydroxylation sites is 1. The molecule has 0 bridgehead atoms. The summed E-state index contributed by atoms with van der Waals surface area (Å²) >= 11 is 0. The Bertz CT molecular complexity index is 1040. The Morgan fingerprint density at radius 3 is 2.33 bits per heavy atom. The SMILES string of the molecule is COc1ccc(S(=O)(=O)Nc2c(C)cccc2C=Cc2ccncc2)cc1. The lowest BCUT2D eigenvalue weighted by atomic mass is 10.1. The number of hydrogen-bond donors (Lipinski definition) is 1. The lowest BCUT2D eigenvalue weighted by Gasteiger charge is -2.14. The number of sulfonamides is 1. The molecule has 1 heterocycles. The predicted octanol–water partition coefficient (Wildman–Crippen LogP) is 4.37. The molecule has 2 aromatic carbocycles. The second-order valence-corrected chi connectivity index (χ2v) is 7.62. The molecule has 27 heavy (non-hydrogen) atoms. The highest BCUT2D eigenvalue weighted by Gasteiger charge is 2.17. The summed E-state index contributed by atoms with van der Waals surface area (Å²) in [6.45, 7) is 1.87. The number of benzene rings is 2. The Labute approximate surface area is 159 Å². The summed E-state index contributed by atoms with van der Waals surface area (Å²) in [4.78, 5) is 4.17. The van der Waals surface area contributed by atoms with Crippen LogP contribution in [0.25, 0.3) is 12.2 Å². The number of pyridine rings is 1. The number of aromatic nitrogens is 1. The van der Waals surface area contributed by atoms with Gasteiger partial charge in [-0.2, -0.15) is 0 Å². The summed E-state index contributed by atoms with van der Waals surface area (Å²) in [5, 5.41) is 0. The number of anilines is 1. The number of aryl methyl sites for hydroxylation is 1. The zero-order chi connectivity index (χ0) is 19.3. The van der Waals surface area contributed by atoms with Crippen LogP contribution >= 0.6 is 0 Å². The van der Waals surface area contributed by atoms with E-state index < -0.39 is 10.0 Å². The van der Waals surface area contributed by atoms with Crippen LogP contribution in [0, 0.1) is 6.92 Å². The summed E-state index contributed by atoms with van der Waals surface area (Å²) in [5.74, 6) is 0.603. The zero-order valence-corrected chi connectivity index (χ0v) is 15.9. The van der Waals surface area contributed by atoms with E-state index in [1.165, 1.54) is 19.2 Å². The van der Waals surface area contributed by atoms with Gasteiger partial charge in [0.15, 0.2) is 0 Å².